The zero-order valence-electron chi connectivity index (χ0n) is 52.7. The number of rotatable bonds is 27. The monoisotopic (exact) mass is 1230 g/mol. The summed E-state index contributed by atoms with van der Waals surface area (Å²) in [7, 11) is 11.0. The van der Waals surface area contributed by atoms with Crippen molar-refractivity contribution in [3.8, 4) is 23.0 Å². The predicted molar refractivity (Wildman–Crippen MR) is 344 cm³/mol. The van der Waals surface area contributed by atoms with Crippen molar-refractivity contribution in [2.75, 3.05) is 173 Å². The van der Waals surface area contributed by atoms with E-state index in [1.807, 2.05) is 79.3 Å². The molecule has 2 N–H and O–H groups in total. The van der Waals surface area contributed by atoms with Gasteiger partial charge < -0.3 is 63.7 Å². The van der Waals surface area contributed by atoms with Gasteiger partial charge in [0, 0.05) is 147 Å². The molecule has 2 amide bonds. The molecule has 0 saturated carbocycles. The molecule has 6 heterocycles. The Balaban J connectivity index is 0.000000216. The highest BCUT2D eigenvalue weighted by atomic mass is 19.1. The van der Waals surface area contributed by atoms with E-state index in [1.54, 1.807) is 38.5 Å². The third-order valence-electron chi connectivity index (χ3n) is 16.7. The van der Waals surface area contributed by atoms with Crippen LogP contribution in [0.1, 0.15) is 90.5 Å². The molecule has 0 aliphatic carbocycles. The Bertz CT molecular complexity index is 3330. The number of piperazine rings is 2. The first-order valence-corrected chi connectivity index (χ1v) is 31.3. The van der Waals surface area contributed by atoms with Gasteiger partial charge in [0.2, 0.25) is 17.8 Å². The first-order chi connectivity index (χ1) is 43.1. The zero-order chi connectivity index (χ0) is 62.8. The summed E-state index contributed by atoms with van der Waals surface area (Å²) < 4.78 is 37.1. The first-order valence-electron chi connectivity index (χ1n) is 31.3. The molecule has 4 saturated heterocycles. The average Bonchev–Trinajstić information content (AvgIpc) is 1.44. The minimum atomic E-state index is -0.853. The van der Waals surface area contributed by atoms with Crippen LogP contribution < -0.4 is 43.9 Å². The van der Waals surface area contributed by atoms with Gasteiger partial charge in [0.05, 0.1) is 45.0 Å². The van der Waals surface area contributed by atoms with Crippen molar-refractivity contribution in [2.45, 2.75) is 70.8 Å². The van der Waals surface area contributed by atoms with Crippen LogP contribution in [0.15, 0.2) is 72.8 Å². The zero-order valence-corrected chi connectivity index (χ0v) is 52.7. The van der Waals surface area contributed by atoms with E-state index in [-0.39, 0.29) is 29.8 Å². The largest absolute Gasteiger partial charge is 0.493 e. The van der Waals surface area contributed by atoms with Crippen LogP contribution in [0.3, 0.4) is 0 Å². The third-order valence-corrected chi connectivity index (χ3v) is 16.7. The average molecular weight is 1230 g/mol. The number of anilines is 4. The van der Waals surface area contributed by atoms with Gasteiger partial charge in [-0.15, -0.1) is 0 Å². The number of amides is 2. The number of unbranched alkanes of at least 4 members (excludes halogenated alkanes) is 1. The molecular formula is C66H88FN13O9. The second-order valence-corrected chi connectivity index (χ2v) is 23.6. The SMILES string of the molecule is COc1cc2c(N3CCN(C(=O)c4ccc(CNC(=O)CCCCC(=O)O)cc4)CC3)nc(N(C)C)nc2cc1OCCCN1CCCC1.COc1cc2c(N3CCN(CC(=O)c4ccc(F)cc4)CC3)nc(N(C)C)nc2cc1OCCCN1CCCC1. The second kappa shape index (κ2) is 31.8. The first kappa shape index (κ1) is 65.3. The highest BCUT2D eigenvalue weighted by Gasteiger charge is 2.28. The number of nitrogens with one attached hydrogen (secondary N) is 1. The number of aliphatic carboxylic acids is 1. The summed E-state index contributed by atoms with van der Waals surface area (Å²) in [5.74, 6) is 4.18. The van der Waals surface area contributed by atoms with Crippen LogP contribution in [0.4, 0.5) is 27.9 Å². The Hall–Kier alpha value is -8.15. The van der Waals surface area contributed by atoms with Crippen molar-refractivity contribution in [1.82, 2.24) is 44.9 Å². The summed E-state index contributed by atoms with van der Waals surface area (Å²) >= 11 is 0. The molecule has 4 aliphatic heterocycles. The van der Waals surface area contributed by atoms with E-state index in [9.17, 15) is 23.6 Å². The Morgan fingerprint density at radius 1 is 0.551 bits per heavy atom. The van der Waals surface area contributed by atoms with Crippen molar-refractivity contribution in [2.24, 2.45) is 0 Å². The highest BCUT2D eigenvalue weighted by Crippen LogP contribution is 2.39. The molecule has 478 valence electrons. The normalized spacial score (nSPS) is 15.7. The molecule has 10 rings (SSSR count). The maximum Gasteiger partial charge on any atom is 0.303 e. The summed E-state index contributed by atoms with van der Waals surface area (Å²) in [6.07, 6.45) is 8.42. The lowest BCUT2D eigenvalue weighted by Crippen LogP contribution is -2.49. The van der Waals surface area contributed by atoms with Gasteiger partial charge in [0.1, 0.15) is 17.5 Å². The standard InChI is InChI=1S/C36H49N7O6.C30H39FN6O3/c1-40(2)36-38-29-24-31(49-22-8-17-41-15-6-7-16-41)30(48-3)23-28(29)34(39-36)42-18-20-43(21-19-42)35(47)27-13-11-26(12-14-27)25-37-32(44)9-4-5-10-33(45)46;1-34(2)30-32-25-20-28(40-18-6-13-35-11-4-5-12-35)27(39-3)19-24(25)29(33-30)37-16-14-36(15-17-37)21-26(38)22-7-9-23(31)10-8-22/h11-14,23-24H,4-10,15-22,25H2,1-3H3,(H,37,44)(H,45,46);7-10,19-20H,4-6,11-18,21H2,1-3H3. The molecule has 4 aromatic carbocycles. The van der Waals surface area contributed by atoms with Gasteiger partial charge in [-0.2, -0.15) is 9.97 Å². The van der Waals surface area contributed by atoms with Crippen LogP contribution in [0, 0.1) is 5.82 Å². The molecule has 6 aromatic rings. The van der Waals surface area contributed by atoms with E-state index < -0.39 is 5.97 Å². The molecule has 0 spiro atoms. The number of carboxylic acid groups (broad SMARTS) is 1. The molecule has 4 aliphatic rings. The number of carbonyl (C=O) groups excluding carboxylic acids is 3. The smallest absolute Gasteiger partial charge is 0.303 e. The van der Waals surface area contributed by atoms with Gasteiger partial charge in [-0.25, -0.2) is 14.4 Å². The van der Waals surface area contributed by atoms with Crippen LogP contribution in [-0.4, -0.2) is 222 Å². The maximum absolute atomic E-state index is 13.4. The molecule has 2 aromatic heterocycles. The van der Waals surface area contributed by atoms with Gasteiger partial charge in [0.15, 0.2) is 28.8 Å². The molecule has 0 unspecified atom stereocenters. The number of aromatic nitrogens is 4. The summed E-state index contributed by atoms with van der Waals surface area (Å²) in [5.41, 5.74) is 3.59. The number of hydrogen-bond acceptors (Lipinski definition) is 19. The molecule has 0 atom stereocenters. The lowest BCUT2D eigenvalue weighted by atomic mass is 10.1. The van der Waals surface area contributed by atoms with Crippen molar-refractivity contribution < 1.29 is 47.6 Å². The van der Waals surface area contributed by atoms with Crippen molar-refractivity contribution in [1.29, 1.82) is 0 Å². The molecule has 4 fully saturated rings. The number of carbonyl (C=O) groups is 4. The lowest BCUT2D eigenvalue weighted by molar-refractivity contribution is -0.137. The number of ether oxygens (including phenoxy) is 4. The van der Waals surface area contributed by atoms with Crippen molar-refractivity contribution in [3.05, 3.63) is 95.3 Å². The van der Waals surface area contributed by atoms with Crippen LogP contribution in [0.25, 0.3) is 21.8 Å². The maximum atomic E-state index is 13.4. The van der Waals surface area contributed by atoms with Crippen molar-refractivity contribution >= 4 is 68.9 Å². The number of halogens is 1. The lowest BCUT2D eigenvalue weighted by Gasteiger charge is -2.36. The van der Waals surface area contributed by atoms with E-state index in [0.29, 0.717) is 144 Å². The van der Waals surface area contributed by atoms with E-state index in [4.69, 9.17) is 44.0 Å². The molecule has 22 nitrogen and oxygen atoms in total. The highest BCUT2D eigenvalue weighted by molar-refractivity contribution is 5.98. The number of hydrogen-bond donors (Lipinski definition) is 2. The van der Waals surface area contributed by atoms with E-state index >= 15 is 0 Å². The summed E-state index contributed by atoms with van der Waals surface area (Å²) in [6.45, 7) is 13.8. The molecule has 89 heavy (non-hydrogen) atoms. The minimum absolute atomic E-state index is 0.00599. The number of likely N-dealkylation sites (tertiary alicyclic amines) is 2. The van der Waals surface area contributed by atoms with Crippen molar-refractivity contribution in [3.63, 3.8) is 0 Å². The number of Topliss-reactive ketones (excluding diaryl/α,β-unsaturated/α-hetero) is 1. The Morgan fingerprint density at radius 2 is 1.02 bits per heavy atom. The predicted octanol–water partition coefficient (Wildman–Crippen LogP) is 7.51. The summed E-state index contributed by atoms with van der Waals surface area (Å²) in [4.78, 5) is 85.5. The second-order valence-electron chi connectivity index (χ2n) is 23.6. The topological polar surface area (TPSA) is 215 Å². The molecule has 0 bridgehead atoms. The molecule has 0 radical (unpaired) electrons. The van der Waals surface area contributed by atoms with E-state index in [1.165, 1.54) is 64.0 Å². The van der Waals surface area contributed by atoms with Gasteiger partial charge >= 0.3 is 5.97 Å². The third kappa shape index (κ3) is 18.0. The minimum Gasteiger partial charge on any atom is -0.493 e. The fourth-order valence-corrected chi connectivity index (χ4v) is 11.6. The van der Waals surface area contributed by atoms with E-state index in [0.717, 1.165) is 64.9 Å². The van der Waals surface area contributed by atoms with Gasteiger partial charge in [-0.1, -0.05) is 12.1 Å². The Labute approximate surface area is 521 Å². The fraction of sp³-hybridized carbons (Fsp3) is 0.515. The van der Waals surface area contributed by atoms with Gasteiger partial charge in [0.25, 0.3) is 5.91 Å². The number of fused-ring (bicyclic) bond motifs is 2. The Morgan fingerprint density at radius 3 is 1.49 bits per heavy atom. The number of methoxy groups -OCH3 is 2. The summed E-state index contributed by atoms with van der Waals surface area (Å²) in [5, 5.41) is 13.4. The summed E-state index contributed by atoms with van der Waals surface area (Å²) in [6, 6.07) is 20.9. The number of ketones is 1. The molecular weight excluding hydrogens is 1140 g/mol. The molecule has 23 heteroatoms. The quantitative estimate of drug-likeness (QED) is 0.0377. The number of carboxylic acids is 1. The van der Waals surface area contributed by atoms with Crippen LogP contribution >= 0.6 is 0 Å². The Kier molecular flexibility index (Phi) is 23.4. The van der Waals surface area contributed by atoms with E-state index in [2.05, 4.69) is 29.8 Å². The fourth-order valence-electron chi connectivity index (χ4n) is 11.6. The number of benzene rings is 4. The van der Waals surface area contributed by atoms with Gasteiger partial charge in [-0.3, -0.25) is 24.1 Å². The van der Waals surface area contributed by atoms with Crippen LogP contribution in [0.2, 0.25) is 0 Å². The van der Waals surface area contributed by atoms with Crippen LogP contribution in [0.5, 0.6) is 23.0 Å². The number of nitrogens with zero attached hydrogens (tertiary/aromatic N) is 12. The van der Waals surface area contributed by atoms with Gasteiger partial charge in [-0.05, 0) is 132 Å². The van der Waals surface area contributed by atoms with Crippen LogP contribution in [-0.2, 0) is 16.1 Å².